The van der Waals surface area contributed by atoms with Crippen LogP contribution in [0.3, 0.4) is 0 Å². The fourth-order valence-corrected chi connectivity index (χ4v) is 2.87. The standard InChI is InChI=1S/C15H20N2O5S/c18-12-14-11-17(7-8-22-14)15(19)10-16-23(20,21)9-6-13-4-2-1-3-5-13/h1-6,9,14,16,18H,7-8,10-12H2/b9-6+. The van der Waals surface area contributed by atoms with Crippen molar-refractivity contribution in [2.75, 3.05) is 32.8 Å². The molecule has 126 valence electrons. The van der Waals surface area contributed by atoms with Crippen LogP contribution in [0.15, 0.2) is 35.7 Å². The number of aliphatic hydroxyl groups excluding tert-OH is 1. The summed E-state index contributed by atoms with van der Waals surface area (Å²) < 4.78 is 31.3. The average molecular weight is 340 g/mol. The third-order valence-electron chi connectivity index (χ3n) is 3.36. The minimum absolute atomic E-state index is 0.171. The van der Waals surface area contributed by atoms with Gasteiger partial charge in [0.05, 0.1) is 25.9 Å². The summed E-state index contributed by atoms with van der Waals surface area (Å²) in [6.45, 7) is 0.486. The van der Waals surface area contributed by atoms with Crippen LogP contribution >= 0.6 is 0 Å². The zero-order valence-electron chi connectivity index (χ0n) is 12.6. The Morgan fingerprint density at radius 2 is 2.13 bits per heavy atom. The highest BCUT2D eigenvalue weighted by Crippen LogP contribution is 2.05. The molecule has 0 spiro atoms. The third kappa shape index (κ3) is 5.76. The molecule has 1 aliphatic rings. The van der Waals surface area contributed by atoms with Crippen LogP contribution in [0.2, 0.25) is 0 Å². The molecular formula is C15H20N2O5S. The first kappa shape index (κ1) is 17.6. The maximum Gasteiger partial charge on any atom is 0.237 e. The van der Waals surface area contributed by atoms with Crippen molar-refractivity contribution >= 4 is 22.0 Å². The molecule has 1 heterocycles. The van der Waals surface area contributed by atoms with Gasteiger partial charge in [-0.2, -0.15) is 0 Å². The molecular weight excluding hydrogens is 320 g/mol. The molecule has 1 unspecified atom stereocenters. The second-order valence-corrected chi connectivity index (χ2v) is 6.75. The van der Waals surface area contributed by atoms with Gasteiger partial charge in [-0.05, 0) is 11.6 Å². The molecule has 1 aromatic carbocycles. The van der Waals surface area contributed by atoms with Crippen molar-refractivity contribution in [2.45, 2.75) is 6.10 Å². The van der Waals surface area contributed by atoms with Gasteiger partial charge in [-0.1, -0.05) is 30.3 Å². The number of sulfonamides is 1. The minimum atomic E-state index is -3.69. The van der Waals surface area contributed by atoms with Crippen molar-refractivity contribution in [1.29, 1.82) is 0 Å². The van der Waals surface area contributed by atoms with Gasteiger partial charge in [-0.25, -0.2) is 13.1 Å². The van der Waals surface area contributed by atoms with Crippen LogP contribution in [0.25, 0.3) is 6.08 Å². The predicted octanol–water partition coefficient (Wildman–Crippen LogP) is -0.204. The van der Waals surface area contributed by atoms with Crippen molar-refractivity contribution in [2.24, 2.45) is 0 Å². The van der Waals surface area contributed by atoms with Gasteiger partial charge in [-0.15, -0.1) is 0 Å². The lowest BCUT2D eigenvalue weighted by Crippen LogP contribution is -2.49. The maximum atomic E-state index is 12.0. The molecule has 0 aliphatic carbocycles. The summed E-state index contributed by atoms with van der Waals surface area (Å²) in [5.41, 5.74) is 0.753. The number of morpholine rings is 1. The number of benzene rings is 1. The fraction of sp³-hybridized carbons (Fsp3) is 0.400. The molecule has 8 heteroatoms. The quantitative estimate of drug-likeness (QED) is 0.747. The Balaban J connectivity index is 1.86. The Hall–Kier alpha value is -1.74. The van der Waals surface area contributed by atoms with Gasteiger partial charge in [0.1, 0.15) is 0 Å². The lowest BCUT2D eigenvalue weighted by molar-refractivity contribution is -0.138. The number of carbonyl (C=O) groups excluding carboxylic acids is 1. The molecule has 1 aromatic rings. The van der Waals surface area contributed by atoms with Gasteiger partial charge in [-0.3, -0.25) is 4.79 Å². The third-order valence-corrected chi connectivity index (χ3v) is 4.40. The number of nitrogens with zero attached hydrogens (tertiary/aromatic N) is 1. The second kappa shape index (κ2) is 8.21. The first-order valence-corrected chi connectivity index (χ1v) is 8.78. The first-order chi connectivity index (χ1) is 11.0. The Bertz CT molecular complexity index is 645. The number of rotatable bonds is 6. The Morgan fingerprint density at radius 3 is 2.83 bits per heavy atom. The number of hydrogen-bond donors (Lipinski definition) is 2. The molecule has 1 atom stereocenters. The van der Waals surface area contributed by atoms with Crippen LogP contribution in [0.5, 0.6) is 0 Å². The molecule has 0 bridgehead atoms. The van der Waals surface area contributed by atoms with Crippen LogP contribution in [0.4, 0.5) is 0 Å². The van der Waals surface area contributed by atoms with Crippen LogP contribution in [-0.4, -0.2) is 63.3 Å². The van der Waals surface area contributed by atoms with Gasteiger partial charge < -0.3 is 14.7 Å². The monoisotopic (exact) mass is 340 g/mol. The number of carbonyl (C=O) groups is 1. The summed E-state index contributed by atoms with van der Waals surface area (Å²) in [7, 11) is -3.69. The molecule has 7 nitrogen and oxygen atoms in total. The highest BCUT2D eigenvalue weighted by atomic mass is 32.2. The molecule has 0 saturated carbocycles. The van der Waals surface area contributed by atoms with Crippen molar-refractivity contribution in [3.05, 3.63) is 41.3 Å². The molecule has 1 fully saturated rings. The second-order valence-electron chi connectivity index (χ2n) is 5.09. The summed E-state index contributed by atoms with van der Waals surface area (Å²) in [5.74, 6) is -0.344. The van der Waals surface area contributed by atoms with Gasteiger partial charge >= 0.3 is 0 Å². The largest absolute Gasteiger partial charge is 0.394 e. The highest BCUT2D eigenvalue weighted by molar-refractivity contribution is 7.92. The van der Waals surface area contributed by atoms with E-state index in [2.05, 4.69) is 4.72 Å². The molecule has 1 aliphatic heterocycles. The zero-order valence-corrected chi connectivity index (χ0v) is 13.4. The van der Waals surface area contributed by atoms with Crippen LogP contribution in [0, 0.1) is 0 Å². The van der Waals surface area contributed by atoms with Gasteiger partial charge in [0, 0.05) is 18.5 Å². The topological polar surface area (TPSA) is 95.9 Å². The summed E-state index contributed by atoms with van der Waals surface area (Å²) >= 11 is 0. The SMILES string of the molecule is O=C(CNS(=O)(=O)/C=C/c1ccccc1)N1CCOC(CO)C1. The molecule has 2 rings (SSSR count). The lowest BCUT2D eigenvalue weighted by atomic mass is 10.2. The number of aliphatic hydroxyl groups is 1. The fourth-order valence-electron chi connectivity index (χ4n) is 2.11. The van der Waals surface area contributed by atoms with E-state index in [1.807, 2.05) is 6.07 Å². The van der Waals surface area contributed by atoms with E-state index in [9.17, 15) is 13.2 Å². The summed E-state index contributed by atoms with van der Waals surface area (Å²) in [6.07, 6.45) is 1.05. The van der Waals surface area contributed by atoms with E-state index < -0.39 is 16.1 Å². The van der Waals surface area contributed by atoms with Crippen molar-refractivity contribution in [1.82, 2.24) is 9.62 Å². The molecule has 0 aromatic heterocycles. The number of nitrogens with one attached hydrogen (secondary N) is 1. The molecule has 1 saturated heterocycles. The minimum Gasteiger partial charge on any atom is -0.394 e. The summed E-state index contributed by atoms with van der Waals surface area (Å²) in [6, 6.07) is 9.00. The van der Waals surface area contributed by atoms with Gasteiger partial charge in [0.25, 0.3) is 0 Å². The van der Waals surface area contributed by atoms with Crippen LogP contribution in [-0.2, 0) is 19.6 Å². The Morgan fingerprint density at radius 1 is 1.39 bits per heavy atom. The Kier molecular flexibility index (Phi) is 6.28. The Labute approximate surface area is 135 Å². The summed E-state index contributed by atoms with van der Waals surface area (Å²) in [5, 5.41) is 10.1. The van der Waals surface area contributed by atoms with Crippen molar-refractivity contribution in [3.8, 4) is 0 Å². The summed E-state index contributed by atoms with van der Waals surface area (Å²) in [4.78, 5) is 13.5. The van der Waals surface area contributed by atoms with Crippen LogP contribution < -0.4 is 4.72 Å². The van der Waals surface area contributed by atoms with E-state index in [4.69, 9.17) is 9.84 Å². The predicted molar refractivity (Wildman–Crippen MR) is 85.8 cm³/mol. The first-order valence-electron chi connectivity index (χ1n) is 7.23. The molecule has 1 amide bonds. The lowest BCUT2D eigenvalue weighted by Gasteiger charge is -2.32. The van der Waals surface area contributed by atoms with Crippen molar-refractivity contribution < 1.29 is 23.1 Å². The normalized spacial score (nSPS) is 19.2. The smallest absolute Gasteiger partial charge is 0.237 e. The molecule has 23 heavy (non-hydrogen) atoms. The zero-order chi connectivity index (χ0) is 16.7. The number of hydrogen-bond acceptors (Lipinski definition) is 5. The molecule has 0 radical (unpaired) electrons. The van der Waals surface area contributed by atoms with Gasteiger partial charge in [0.15, 0.2) is 0 Å². The van der Waals surface area contributed by atoms with E-state index in [0.717, 1.165) is 11.0 Å². The van der Waals surface area contributed by atoms with E-state index in [0.29, 0.717) is 13.2 Å². The average Bonchev–Trinajstić information content (AvgIpc) is 2.59. The number of ether oxygens (including phenoxy) is 1. The van der Waals surface area contributed by atoms with E-state index in [1.54, 1.807) is 24.3 Å². The van der Waals surface area contributed by atoms with Crippen LogP contribution in [0.1, 0.15) is 5.56 Å². The molecule has 2 N–H and O–H groups in total. The van der Waals surface area contributed by atoms with Crippen molar-refractivity contribution in [3.63, 3.8) is 0 Å². The highest BCUT2D eigenvalue weighted by Gasteiger charge is 2.24. The maximum absolute atomic E-state index is 12.0. The van der Waals surface area contributed by atoms with Gasteiger partial charge in [0.2, 0.25) is 15.9 Å². The van der Waals surface area contributed by atoms with E-state index in [-0.39, 0.29) is 25.6 Å². The van der Waals surface area contributed by atoms with E-state index in [1.165, 1.54) is 11.0 Å². The van der Waals surface area contributed by atoms with E-state index >= 15 is 0 Å². The number of amides is 1.